The molecule has 206 valence electrons. The summed E-state index contributed by atoms with van der Waals surface area (Å²) in [5, 5.41) is 23.2. The molecule has 1 aliphatic rings. The van der Waals surface area contributed by atoms with Crippen molar-refractivity contribution in [2.24, 2.45) is 11.7 Å². The van der Waals surface area contributed by atoms with Crippen LogP contribution in [0.15, 0.2) is 84.2 Å². The molecule has 2 unspecified atom stereocenters. The summed E-state index contributed by atoms with van der Waals surface area (Å²) in [6.45, 7) is 16.3. The highest BCUT2D eigenvalue weighted by molar-refractivity contribution is 6.00. The smallest absolute Gasteiger partial charge is 0.163 e. The van der Waals surface area contributed by atoms with Gasteiger partial charge in [0, 0.05) is 24.1 Å². The first-order valence-electron chi connectivity index (χ1n) is 13.7. The maximum Gasteiger partial charge on any atom is 0.163 e. The van der Waals surface area contributed by atoms with Gasteiger partial charge in [-0.3, -0.25) is 4.79 Å². The summed E-state index contributed by atoms with van der Waals surface area (Å²) in [5.41, 5.74) is 9.17. The highest BCUT2D eigenvalue weighted by Gasteiger charge is 2.52. The maximum absolute atomic E-state index is 13.2. The van der Waals surface area contributed by atoms with Crippen LogP contribution in [0.3, 0.4) is 0 Å². The molecule has 0 spiro atoms. The predicted molar refractivity (Wildman–Crippen MR) is 164 cm³/mol. The number of nitrogens with zero attached hydrogens (tertiary/aromatic N) is 2. The van der Waals surface area contributed by atoms with Crippen LogP contribution in [0, 0.1) is 28.6 Å². The second-order valence-corrected chi connectivity index (χ2v) is 9.41. The quantitative estimate of drug-likeness (QED) is 0.188. The van der Waals surface area contributed by atoms with Crippen molar-refractivity contribution in [1.82, 2.24) is 5.32 Å². The maximum atomic E-state index is 13.2. The number of Topliss-reactive ketones (excluding diaryl/α,β-unsaturated/α-hetero) is 1. The fraction of sp³-hybridized carbons (Fsp3) is 0.382. The van der Waals surface area contributed by atoms with Crippen LogP contribution >= 0.6 is 0 Å². The van der Waals surface area contributed by atoms with Crippen LogP contribution in [0.1, 0.15) is 78.4 Å². The SMILES string of the molecule is C=C(CC(=C/C)/C(=C\C)C(=O)CC1CC1(C)c1cccc2c(C#N)cccc12)NCC#N.CC.CC/C=C/N. The van der Waals surface area contributed by atoms with Crippen molar-refractivity contribution in [2.75, 3.05) is 6.54 Å². The Morgan fingerprint density at radius 2 is 1.82 bits per heavy atom. The number of fused-ring (bicyclic) bond motifs is 1. The Morgan fingerprint density at radius 3 is 2.36 bits per heavy atom. The van der Waals surface area contributed by atoms with Gasteiger partial charge < -0.3 is 11.1 Å². The van der Waals surface area contributed by atoms with E-state index < -0.39 is 0 Å². The molecule has 0 bridgehead atoms. The molecule has 2 aromatic carbocycles. The summed E-state index contributed by atoms with van der Waals surface area (Å²) in [4.78, 5) is 13.2. The first-order valence-corrected chi connectivity index (χ1v) is 13.7. The minimum Gasteiger partial charge on any atom is -0.405 e. The molecule has 1 fully saturated rings. The van der Waals surface area contributed by atoms with Crippen molar-refractivity contribution < 1.29 is 4.79 Å². The molecule has 5 nitrogen and oxygen atoms in total. The van der Waals surface area contributed by atoms with E-state index in [1.54, 1.807) is 6.20 Å². The van der Waals surface area contributed by atoms with Gasteiger partial charge in [-0.15, -0.1) is 0 Å². The first kappa shape index (κ1) is 32.9. The number of benzene rings is 2. The van der Waals surface area contributed by atoms with E-state index in [-0.39, 0.29) is 23.7 Å². The van der Waals surface area contributed by atoms with Crippen molar-refractivity contribution in [3.63, 3.8) is 0 Å². The molecule has 39 heavy (non-hydrogen) atoms. The molecule has 1 saturated carbocycles. The molecule has 0 aromatic heterocycles. The topological polar surface area (TPSA) is 103 Å². The number of nitriles is 2. The lowest BCUT2D eigenvalue weighted by atomic mass is 9.87. The number of ketones is 1. The number of rotatable bonds is 10. The van der Waals surface area contributed by atoms with E-state index >= 15 is 0 Å². The normalized spacial score (nSPS) is 18.1. The van der Waals surface area contributed by atoms with Crippen molar-refractivity contribution >= 4 is 16.6 Å². The minimum atomic E-state index is -0.0733. The average Bonchev–Trinajstić information content (AvgIpc) is 3.62. The highest BCUT2D eigenvalue weighted by atomic mass is 16.1. The number of hydrogen-bond acceptors (Lipinski definition) is 5. The Kier molecular flexibility index (Phi) is 14.1. The number of carbonyl (C=O) groups is 1. The first-order chi connectivity index (χ1) is 18.8. The van der Waals surface area contributed by atoms with Gasteiger partial charge in [0.25, 0.3) is 0 Å². The highest BCUT2D eigenvalue weighted by Crippen LogP contribution is 2.57. The summed E-state index contributed by atoms with van der Waals surface area (Å²) in [5.74, 6) is 0.402. The minimum absolute atomic E-state index is 0.0733. The Bertz CT molecular complexity index is 1300. The molecular formula is C34H44N4O. The monoisotopic (exact) mass is 524 g/mol. The third-order valence-electron chi connectivity index (χ3n) is 6.98. The van der Waals surface area contributed by atoms with Crippen LogP contribution in [0.25, 0.3) is 10.8 Å². The predicted octanol–water partition coefficient (Wildman–Crippen LogP) is 7.75. The van der Waals surface area contributed by atoms with Crippen molar-refractivity contribution in [2.45, 2.75) is 72.6 Å². The summed E-state index contributed by atoms with van der Waals surface area (Å²) < 4.78 is 0. The molecule has 3 rings (SSSR count). The molecule has 5 heteroatoms. The number of carbonyl (C=O) groups excluding carboxylic acids is 1. The zero-order valence-corrected chi connectivity index (χ0v) is 24.5. The van der Waals surface area contributed by atoms with E-state index in [1.165, 1.54) is 5.56 Å². The van der Waals surface area contributed by atoms with E-state index in [0.29, 0.717) is 18.4 Å². The van der Waals surface area contributed by atoms with Gasteiger partial charge in [0.15, 0.2) is 5.78 Å². The van der Waals surface area contributed by atoms with Crippen LogP contribution < -0.4 is 11.1 Å². The van der Waals surface area contributed by atoms with Crippen molar-refractivity contribution in [3.05, 3.63) is 95.4 Å². The summed E-state index contributed by atoms with van der Waals surface area (Å²) in [6.07, 6.45) is 10.3. The van der Waals surface area contributed by atoms with Crippen LogP contribution in [-0.2, 0) is 10.2 Å². The Morgan fingerprint density at radius 1 is 1.15 bits per heavy atom. The zero-order chi connectivity index (χ0) is 29.4. The standard InChI is InChI=1S/C28H29N3O.C4H9N.C2H6/c1-5-20(15-19(3)31-14-13-29)23(6-2)27(32)16-22-17-28(22,4)26-12-8-10-24-21(18-30)9-7-11-25(24)26;1-2-3-4-5;1-2/h5-12,22,31H,3,14-17H2,1-2,4H3;3-4H,2,5H2,1H3;1-2H3/b20-5-,23-6+;4-3+;. The summed E-state index contributed by atoms with van der Waals surface area (Å²) in [7, 11) is 0. The van der Waals surface area contributed by atoms with E-state index in [4.69, 9.17) is 11.0 Å². The molecule has 3 N–H and O–H groups in total. The van der Waals surface area contributed by atoms with Gasteiger partial charge in [0.2, 0.25) is 0 Å². The van der Waals surface area contributed by atoms with E-state index in [9.17, 15) is 10.1 Å². The Balaban J connectivity index is 0.000000975. The molecule has 0 saturated heterocycles. The molecular weight excluding hydrogens is 480 g/mol. The van der Waals surface area contributed by atoms with Gasteiger partial charge >= 0.3 is 0 Å². The van der Waals surface area contributed by atoms with Crippen LogP contribution in [0.4, 0.5) is 0 Å². The van der Waals surface area contributed by atoms with Crippen LogP contribution in [0.5, 0.6) is 0 Å². The van der Waals surface area contributed by atoms with Gasteiger partial charge in [-0.2, -0.15) is 10.5 Å². The van der Waals surface area contributed by atoms with Gasteiger partial charge in [0.05, 0.1) is 17.7 Å². The molecule has 0 radical (unpaired) electrons. The summed E-state index contributed by atoms with van der Waals surface area (Å²) >= 11 is 0. The van der Waals surface area contributed by atoms with E-state index in [1.807, 2.05) is 83.2 Å². The van der Waals surface area contributed by atoms with Gasteiger partial charge in [0.1, 0.15) is 6.54 Å². The molecule has 2 aromatic rings. The molecule has 0 aliphatic heterocycles. The number of allylic oxidation sites excluding steroid dienone is 5. The van der Waals surface area contributed by atoms with Crippen LogP contribution in [0.2, 0.25) is 0 Å². The van der Waals surface area contributed by atoms with Crippen molar-refractivity contribution in [3.8, 4) is 12.1 Å². The third kappa shape index (κ3) is 8.72. The lowest BCUT2D eigenvalue weighted by Gasteiger charge is -2.17. The van der Waals surface area contributed by atoms with Crippen LogP contribution in [-0.4, -0.2) is 12.3 Å². The summed E-state index contributed by atoms with van der Waals surface area (Å²) in [6, 6.07) is 16.3. The molecule has 1 aliphatic carbocycles. The van der Waals surface area contributed by atoms with Gasteiger partial charge in [-0.1, -0.05) is 82.8 Å². The van der Waals surface area contributed by atoms with E-state index in [2.05, 4.69) is 37.0 Å². The Hall–Kier alpha value is -4.09. The average molecular weight is 525 g/mol. The Labute approximate surface area is 235 Å². The zero-order valence-electron chi connectivity index (χ0n) is 24.5. The lowest BCUT2D eigenvalue weighted by Crippen LogP contribution is -2.15. The largest absolute Gasteiger partial charge is 0.405 e. The number of nitrogens with one attached hydrogen (secondary N) is 1. The van der Waals surface area contributed by atoms with E-state index in [0.717, 1.165) is 40.5 Å². The second kappa shape index (κ2) is 16.7. The van der Waals surface area contributed by atoms with Gasteiger partial charge in [-0.25, -0.2) is 0 Å². The second-order valence-electron chi connectivity index (χ2n) is 9.41. The van der Waals surface area contributed by atoms with Gasteiger partial charge in [-0.05, 0) is 72.2 Å². The molecule has 2 atom stereocenters. The van der Waals surface area contributed by atoms with Crippen molar-refractivity contribution in [1.29, 1.82) is 10.5 Å². The molecule has 0 amide bonds. The fourth-order valence-corrected chi connectivity index (χ4v) is 4.79. The third-order valence-corrected chi connectivity index (χ3v) is 6.98. The molecule has 0 heterocycles. The lowest BCUT2D eigenvalue weighted by molar-refractivity contribution is -0.115. The number of nitrogens with two attached hydrogens (primary N) is 1. The fourth-order valence-electron chi connectivity index (χ4n) is 4.79. The number of hydrogen-bond donors (Lipinski definition) is 2.